The van der Waals surface area contributed by atoms with E-state index in [1.165, 1.54) is 24.8 Å². The van der Waals surface area contributed by atoms with E-state index >= 15 is 0 Å². The van der Waals surface area contributed by atoms with Gasteiger partial charge in [-0.05, 0) is 43.1 Å². The third kappa shape index (κ3) is 4.13. The molecule has 24 heavy (non-hydrogen) atoms. The average Bonchev–Trinajstić information content (AvgIpc) is 2.55. The molecule has 1 fully saturated rings. The first kappa shape index (κ1) is 16.5. The van der Waals surface area contributed by atoms with E-state index in [0.29, 0.717) is 5.95 Å². The molecule has 3 rings (SSSR count). The molecule has 128 valence electrons. The van der Waals surface area contributed by atoms with E-state index in [0.717, 1.165) is 25.9 Å². The minimum atomic E-state index is 0.189. The van der Waals surface area contributed by atoms with E-state index in [2.05, 4.69) is 57.1 Å². The summed E-state index contributed by atoms with van der Waals surface area (Å²) in [6, 6.07) is 10.7. The predicted octanol–water partition coefficient (Wildman–Crippen LogP) is 2.67. The minimum absolute atomic E-state index is 0.189. The van der Waals surface area contributed by atoms with Gasteiger partial charge in [-0.15, -0.1) is 0 Å². The van der Waals surface area contributed by atoms with Crippen LogP contribution in [0.3, 0.4) is 0 Å². The lowest BCUT2D eigenvalue weighted by Crippen LogP contribution is -2.42. The highest BCUT2D eigenvalue weighted by Gasteiger charge is 2.31. The summed E-state index contributed by atoms with van der Waals surface area (Å²) in [6.45, 7) is 4.24. The standard InChI is InChI=1S/C18H26N6/c1-18(10-5-9-14-7-3-2-4-8-14)11-6-12-24(13-18)17-22-15(19)21-16(20)23-17/h2-4,7-8H,5-6,9-13H2,1H3,(H4,19,20,21,22,23). The van der Waals surface area contributed by atoms with E-state index in [1.54, 1.807) is 0 Å². The van der Waals surface area contributed by atoms with Gasteiger partial charge in [0, 0.05) is 13.1 Å². The highest BCUT2D eigenvalue weighted by Crippen LogP contribution is 2.35. The van der Waals surface area contributed by atoms with Crippen molar-refractivity contribution in [3.05, 3.63) is 35.9 Å². The van der Waals surface area contributed by atoms with Crippen LogP contribution in [-0.4, -0.2) is 28.0 Å². The van der Waals surface area contributed by atoms with Crippen LogP contribution >= 0.6 is 0 Å². The molecule has 1 aliphatic rings. The molecular weight excluding hydrogens is 300 g/mol. The van der Waals surface area contributed by atoms with E-state index < -0.39 is 0 Å². The Morgan fingerprint density at radius 2 is 1.79 bits per heavy atom. The quantitative estimate of drug-likeness (QED) is 0.877. The van der Waals surface area contributed by atoms with E-state index in [9.17, 15) is 0 Å². The van der Waals surface area contributed by atoms with Gasteiger partial charge in [-0.1, -0.05) is 37.3 Å². The maximum atomic E-state index is 5.71. The highest BCUT2D eigenvalue weighted by atomic mass is 15.3. The van der Waals surface area contributed by atoms with Crippen molar-refractivity contribution in [2.24, 2.45) is 5.41 Å². The van der Waals surface area contributed by atoms with Crippen LogP contribution in [0.1, 0.15) is 38.2 Å². The Morgan fingerprint density at radius 1 is 1.08 bits per heavy atom. The molecule has 1 atom stereocenters. The third-order valence-corrected chi connectivity index (χ3v) is 4.81. The Kier molecular flexibility index (Phi) is 4.83. The van der Waals surface area contributed by atoms with Crippen LogP contribution in [0.5, 0.6) is 0 Å². The van der Waals surface area contributed by atoms with Gasteiger partial charge < -0.3 is 16.4 Å². The largest absolute Gasteiger partial charge is 0.368 e. The second-order valence-corrected chi connectivity index (χ2v) is 7.03. The van der Waals surface area contributed by atoms with Crippen LogP contribution in [0.4, 0.5) is 17.8 Å². The lowest BCUT2D eigenvalue weighted by Gasteiger charge is -2.40. The smallest absolute Gasteiger partial charge is 0.231 e. The lowest BCUT2D eigenvalue weighted by atomic mass is 9.77. The molecule has 1 saturated heterocycles. The molecule has 0 spiro atoms. The molecule has 1 aromatic carbocycles. The molecular formula is C18H26N6. The van der Waals surface area contributed by atoms with E-state index in [-0.39, 0.29) is 17.3 Å². The molecule has 6 nitrogen and oxygen atoms in total. The third-order valence-electron chi connectivity index (χ3n) is 4.81. The van der Waals surface area contributed by atoms with Crippen molar-refractivity contribution in [2.75, 3.05) is 29.5 Å². The maximum absolute atomic E-state index is 5.71. The fourth-order valence-corrected chi connectivity index (χ4v) is 3.59. The van der Waals surface area contributed by atoms with Crippen LogP contribution in [0.25, 0.3) is 0 Å². The van der Waals surface area contributed by atoms with Crippen molar-refractivity contribution < 1.29 is 0 Å². The molecule has 2 aromatic rings. The Balaban J connectivity index is 1.61. The SMILES string of the molecule is CC1(CCCc2ccccc2)CCCN(c2nc(N)nc(N)n2)C1. The van der Waals surface area contributed by atoms with Gasteiger partial charge in [0.15, 0.2) is 0 Å². The summed E-state index contributed by atoms with van der Waals surface area (Å²) in [6.07, 6.45) is 5.87. The van der Waals surface area contributed by atoms with E-state index in [4.69, 9.17) is 11.5 Å². The second-order valence-electron chi connectivity index (χ2n) is 7.03. The lowest BCUT2D eigenvalue weighted by molar-refractivity contribution is 0.234. The van der Waals surface area contributed by atoms with Crippen molar-refractivity contribution >= 4 is 17.8 Å². The molecule has 1 aliphatic heterocycles. The Bertz CT molecular complexity index is 654. The van der Waals surface area contributed by atoms with E-state index in [1.807, 2.05) is 0 Å². The number of hydrogen-bond donors (Lipinski definition) is 2. The van der Waals surface area contributed by atoms with Crippen molar-refractivity contribution in [1.82, 2.24) is 15.0 Å². The van der Waals surface area contributed by atoms with Gasteiger partial charge in [0.2, 0.25) is 17.8 Å². The molecule has 0 radical (unpaired) electrons. The monoisotopic (exact) mass is 326 g/mol. The number of aryl methyl sites for hydroxylation is 1. The van der Waals surface area contributed by atoms with Crippen molar-refractivity contribution in [2.45, 2.75) is 39.0 Å². The molecule has 0 bridgehead atoms. The van der Waals surface area contributed by atoms with Crippen LogP contribution in [0.2, 0.25) is 0 Å². The first-order valence-corrected chi connectivity index (χ1v) is 8.60. The Hall–Kier alpha value is -2.37. The number of nitrogens with zero attached hydrogens (tertiary/aromatic N) is 4. The number of piperidine rings is 1. The van der Waals surface area contributed by atoms with Gasteiger partial charge in [0.25, 0.3) is 0 Å². The fourth-order valence-electron chi connectivity index (χ4n) is 3.59. The normalized spacial score (nSPS) is 21.0. The molecule has 4 N–H and O–H groups in total. The summed E-state index contributed by atoms with van der Waals surface area (Å²) >= 11 is 0. The fraction of sp³-hybridized carbons (Fsp3) is 0.500. The second kappa shape index (κ2) is 7.03. The van der Waals surface area contributed by atoms with Crippen LogP contribution in [0, 0.1) is 5.41 Å². The Labute approximate surface area is 143 Å². The van der Waals surface area contributed by atoms with Crippen LogP contribution in [-0.2, 0) is 6.42 Å². The first-order chi connectivity index (χ1) is 11.5. The van der Waals surface area contributed by atoms with Crippen LogP contribution in [0.15, 0.2) is 30.3 Å². The minimum Gasteiger partial charge on any atom is -0.368 e. The zero-order valence-electron chi connectivity index (χ0n) is 14.3. The molecule has 2 heterocycles. The number of anilines is 3. The summed E-state index contributed by atoms with van der Waals surface area (Å²) in [5.74, 6) is 0.983. The van der Waals surface area contributed by atoms with Crippen molar-refractivity contribution in [3.8, 4) is 0 Å². The number of hydrogen-bond acceptors (Lipinski definition) is 6. The van der Waals surface area contributed by atoms with Crippen LogP contribution < -0.4 is 16.4 Å². The molecule has 0 aliphatic carbocycles. The number of rotatable bonds is 5. The topological polar surface area (TPSA) is 94.0 Å². The molecule has 1 unspecified atom stereocenters. The molecule has 1 aromatic heterocycles. The number of nitrogen functional groups attached to an aromatic ring is 2. The zero-order chi connectivity index (χ0) is 17.0. The summed E-state index contributed by atoms with van der Waals surface area (Å²) in [5, 5.41) is 0. The number of aromatic nitrogens is 3. The molecule has 0 saturated carbocycles. The van der Waals surface area contributed by atoms with Gasteiger partial charge in [0.1, 0.15) is 0 Å². The highest BCUT2D eigenvalue weighted by molar-refractivity contribution is 5.40. The predicted molar refractivity (Wildman–Crippen MR) is 97.6 cm³/mol. The molecule has 0 amide bonds. The number of nitrogens with two attached hydrogens (primary N) is 2. The number of benzene rings is 1. The van der Waals surface area contributed by atoms with Gasteiger partial charge in [-0.25, -0.2) is 0 Å². The van der Waals surface area contributed by atoms with Gasteiger partial charge in [-0.2, -0.15) is 15.0 Å². The molecule has 6 heteroatoms. The maximum Gasteiger partial charge on any atom is 0.231 e. The Morgan fingerprint density at radius 3 is 2.50 bits per heavy atom. The van der Waals surface area contributed by atoms with Crippen molar-refractivity contribution in [1.29, 1.82) is 0 Å². The average molecular weight is 326 g/mol. The first-order valence-electron chi connectivity index (χ1n) is 8.60. The summed E-state index contributed by atoms with van der Waals surface area (Å²) in [7, 11) is 0. The summed E-state index contributed by atoms with van der Waals surface area (Å²) in [5.41, 5.74) is 13.1. The van der Waals surface area contributed by atoms with Crippen molar-refractivity contribution in [3.63, 3.8) is 0 Å². The van der Waals surface area contributed by atoms with Gasteiger partial charge in [0.05, 0.1) is 0 Å². The zero-order valence-corrected chi connectivity index (χ0v) is 14.3. The summed E-state index contributed by atoms with van der Waals surface area (Å²) in [4.78, 5) is 14.6. The van der Waals surface area contributed by atoms with Gasteiger partial charge in [-0.3, -0.25) is 0 Å². The van der Waals surface area contributed by atoms with Gasteiger partial charge >= 0.3 is 0 Å². The summed E-state index contributed by atoms with van der Waals surface area (Å²) < 4.78 is 0.